The number of aryl methyl sites for hydroxylation is 1. The van der Waals surface area contributed by atoms with E-state index in [-0.39, 0.29) is 0 Å². The summed E-state index contributed by atoms with van der Waals surface area (Å²) in [4.78, 5) is 13.0. The molecule has 3 heterocycles. The molecule has 1 unspecified atom stereocenters. The van der Waals surface area contributed by atoms with Crippen LogP contribution in [-0.2, 0) is 6.54 Å². The van der Waals surface area contributed by atoms with E-state index in [0.717, 1.165) is 36.2 Å². The highest BCUT2D eigenvalue weighted by Gasteiger charge is 2.50. The largest absolute Gasteiger partial charge is 0.326 e. The molecule has 2 aromatic rings. The van der Waals surface area contributed by atoms with Gasteiger partial charge in [-0.05, 0) is 75.0 Å². The summed E-state index contributed by atoms with van der Waals surface area (Å²) >= 11 is 0. The summed E-state index contributed by atoms with van der Waals surface area (Å²) in [5, 5.41) is 12.5. The Morgan fingerprint density at radius 2 is 1.74 bits per heavy atom. The van der Waals surface area contributed by atoms with Crippen molar-refractivity contribution < 1.29 is 5.21 Å². The van der Waals surface area contributed by atoms with E-state index in [1.807, 2.05) is 6.33 Å². The summed E-state index contributed by atoms with van der Waals surface area (Å²) in [7, 11) is 0. The third-order valence-corrected chi connectivity index (χ3v) is 7.82. The minimum atomic E-state index is -0.469. The van der Waals surface area contributed by atoms with Gasteiger partial charge in [-0.1, -0.05) is 12.2 Å². The molecule has 0 radical (unpaired) electrons. The van der Waals surface area contributed by atoms with Crippen LogP contribution >= 0.6 is 0 Å². The molecule has 142 valence electrons. The van der Waals surface area contributed by atoms with E-state index < -0.39 is 5.54 Å². The van der Waals surface area contributed by atoms with Crippen LogP contribution in [0.4, 0.5) is 5.82 Å². The van der Waals surface area contributed by atoms with Crippen LogP contribution in [0.25, 0.3) is 11.2 Å². The number of allylic oxidation sites excluding steroid dienone is 1. The van der Waals surface area contributed by atoms with Gasteiger partial charge in [0.05, 0.1) is 11.9 Å². The molecule has 2 aromatic heterocycles. The first-order valence-electron chi connectivity index (χ1n) is 10.4. The van der Waals surface area contributed by atoms with Crippen LogP contribution < -0.4 is 5.06 Å². The van der Waals surface area contributed by atoms with Crippen molar-refractivity contribution in [2.45, 2.75) is 64.0 Å². The first-order valence-corrected chi connectivity index (χ1v) is 10.4. The van der Waals surface area contributed by atoms with Gasteiger partial charge in [0, 0.05) is 6.54 Å². The molecule has 4 saturated carbocycles. The SMILES string of the molecule is CC1(/C=C/C23CC4CC(CC(C4)C2)C3)CCn2cnc3ncnc(c32)N1O. The van der Waals surface area contributed by atoms with Gasteiger partial charge in [0.15, 0.2) is 11.5 Å². The average molecular weight is 365 g/mol. The van der Waals surface area contributed by atoms with Crippen LogP contribution in [0.15, 0.2) is 24.8 Å². The van der Waals surface area contributed by atoms with Crippen LogP contribution in [0.2, 0.25) is 0 Å². The van der Waals surface area contributed by atoms with Gasteiger partial charge >= 0.3 is 0 Å². The Morgan fingerprint density at radius 3 is 2.44 bits per heavy atom. The topological polar surface area (TPSA) is 67.1 Å². The molecule has 27 heavy (non-hydrogen) atoms. The maximum absolute atomic E-state index is 11.2. The highest BCUT2D eigenvalue weighted by atomic mass is 16.5. The van der Waals surface area contributed by atoms with E-state index >= 15 is 0 Å². The third kappa shape index (κ3) is 2.32. The van der Waals surface area contributed by atoms with Crippen molar-refractivity contribution in [3.05, 3.63) is 24.8 Å². The van der Waals surface area contributed by atoms with Crippen molar-refractivity contribution in [2.75, 3.05) is 5.06 Å². The van der Waals surface area contributed by atoms with E-state index in [2.05, 4.69) is 38.6 Å². The third-order valence-electron chi connectivity index (χ3n) is 7.82. The molecule has 4 aliphatic carbocycles. The standard InChI is InChI=1S/C21H27N5O/c1-20(2-3-21-9-14-6-15(10-21)8-16(7-14)11-21)4-5-25-13-24-18-17(25)19(26(20)27)23-12-22-18/h2-3,12-16,27H,4-11H2,1H3/b3-2+. The molecular weight excluding hydrogens is 338 g/mol. The molecule has 1 atom stereocenters. The fourth-order valence-electron chi connectivity index (χ4n) is 6.81. The van der Waals surface area contributed by atoms with Crippen molar-refractivity contribution in [3.8, 4) is 0 Å². The molecule has 4 fully saturated rings. The number of nitrogens with zero attached hydrogens (tertiary/aromatic N) is 5. The minimum absolute atomic E-state index is 0.364. The van der Waals surface area contributed by atoms with Gasteiger partial charge in [0.25, 0.3) is 0 Å². The molecule has 0 amide bonds. The Hall–Kier alpha value is -1.95. The van der Waals surface area contributed by atoms with Gasteiger partial charge in [-0.3, -0.25) is 5.21 Å². The second kappa shape index (κ2) is 5.31. The maximum Gasteiger partial charge on any atom is 0.183 e. The summed E-state index contributed by atoms with van der Waals surface area (Å²) in [6.07, 6.45) is 17.3. The van der Waals surface area contributed by atoms with Crippen molar-refractivity contribution in [1.82, 2.24) is 19.5 Å². The normalized spacial score (nSPS) is 40.2. The Balaban J connectivity index is 1.36. The number of hydroxylamine groups is 1. The molecule has 0 aromatic carbocycles. The second-order valence-electron chi connectivity index (χ2n) is 9.84. The van der Waals surface area contributed by atoms with Crippen LogP contribution in [0.5, 0.6) is 0 Å². The van der Waals surface area contributed by atoms with E-state index in [1.165, 1.54) is 49.9 Å². The molecular formula is C21H27N5O. The molecule has 1 N–H and O–H groups in total. The van der Waals surface area contributed by atoms with E-state index in [1.54, 1.807) is 0 Å². The van der Waals surface area contributed by atoms with Crippen molar-refractivity contribution in [2.24, 2.45) is 23.2 Å². The Kier molecular flexibility index (Phi) is 3.16. The van der Waals surface area contributed by atoms with E-state index in [4.69, 9.17) is 0 Å². The summed E-state index contributed by atoms with van der Waals surface area (Å²) in [5.74, 6) is 3.36. The van der Waals surface area contributed by atoms with Crippen LogP contribution in [-0.4, -0.2) is 30.3 Å². The predicted molar refractivity (Wildman–Crippen MR) is 102 cm³/mol. The summed E-state index contributed by atoms with van der Waals surface area (Å²) in [6, 6.07) is 0. The zero-order valence-electron chi connectivity index (χ0n) is 15.9. The fourth-order valence-corrected chi connectivity index (χ4v) is 6.81. The Bertz CT molecular complexity index is 899. The lowest BCUT2D eigenvalue weighted by molar-refractivity contribution is -0.0242. The monoisotopic (exact) mass is 365 g/mol. The van der Waals surface area contributed by atoms with Crippen LogP contribution in [0.3, 0.4) is 0 Å². The van der Waals surface area contributed by atoms with Gasteiger partial charge in [0.1, 0.15) is 11.8 Å². The zero-order chi connectivity index (χ0) is 18.2. The number of rotatable bonds is 2. The molecule has 7 rings (SSSR count). The van der Waals surface area contributed by atoms with Gasteiger partial charge in [-0.2, -0.15) is 0 Å². The lowest BCUT2D eigenvalue weighted by Crippen LogP contribution is -2.47. The lowest BCUT2D eigenvalue weighted by atomic mass is 9.49. The summed E-state index contributed by atoms with van der Waals surface area (Å²) in [6.45, 7) is 2.92. The highest BCUT2D eigenvalue weighted by Crippen LogP contribution is 2.60. The number of hydrogen-bond acceptors (Lipinski definition) is 5. The summed E-state index contributed by atoms with van der Waals surface area (Å²) < 4.78 is 2.07. The smallest absolute Gasteiger partial charge is 0.183 e. The van der Waals surface area contributed by atoms with Gasteiger partial charge < -0.3 is 4.57 Å². The second-order valence-corrected chi connectivity index (χ2v) is 9.84. The molecule has 0 saturated heterocycles. The van der Waals surface area contributed by atoms with Gasteiger partial charge in [-0.25, -0.2) is 20.0 Å². The number of anilines is 1. The molecule has 1 aliphatic heterocycles. The van der Waals surface area contributed by atoms with E-state index in [0.29, 0.717) is 16.9 Å². The van der Waals surface area contributed by atoms with Crippen LogP contribution in [0.1, 0.15) is 51.9 Å². The van der Waals surface area contributed by atoms with Crippen molar-refractivity contribution in [3.63, 3.8) is 0 Å². The Morgan fingerprint density at radius 1 is 1.04 bits per heavy atom. The Labute approximate surface area is 159 Å². The zero-order valence-corrected chi connectivity index (χ0v) is 15.9. The molecule has 6 heteroatoms. The van der Waals surface area contributed by atoms with Gasteiger partial charge in [-0.15, -0.1) is 0 Å². The summed E-state index contributed by atoms with van der Waals surface area (Å²) in [5.41, 5.74) is 1.37. The minimum Gasteiger partial charge on any atom is -0.326 e. The molecule has 0 spiro atoms. The van der Waals surface area contributed by atoms with Crippen LogP contribution in [0, 0.1) is 23.2 Å². The van der Waals surface area contributed by atoms with Crippen molar-refractivity contribution >= 4 is 17.0 Å². The number of aromatic nitrogens is 4. The van der Waals surface area contributed by atoms with E-state index in [9.17, 15) is 5.21 Å². The first-order chi connectivity index (χ1) is 13.0. The van der Waals surface area contributed by atoms with Crippen molar-refractivity contribution in [1.29, 1.82) is 0 Å². The predicted octanol–water partition coefficient (Wildman–Crippen LogP) is 3.96. The number of hydrogen-bond donors (Lipinski definition) is 1. The quantitative estimate of drug-likeness (QED) is 0.816. The average Bonchev–Trinajstić information content (AvgIpc) is 3.02. The highest BCUT2D eigenvalue weighted by molar-refractivity contribution is 5.83. The first kappa shape index (κ1) is 16.0. The fraction of sp³-hybridized carbons (Fsp3) is 0.667. The molecule has 5 aliphatic rings. The lowest BCUT2D eigenvalue weighted by Gasteiger charge is -2.56. The number of imidazole rings is 1. The maximum atomic E-state index is 11.2. The molecule has 4 bridgehead atoms. The van der Waals surface area contributed by atoms with Gasteiger partial charge in [0.2, 0.25) is 0 Å². The molecule has 6 nitrogen and oxygen atoms in total.